The summed E-state index contributed by atoms with van der Waals surface area (Å²) in [4.78, 5) is 19.2. The Labute approximate surface area is 230 Å². The van der Waals surface area contributed by atoms with E-state index in [1.165, 1.54) is 6.07 Å². The molecule has 1 unspecified atom stereocenters. The predicted molar refractivity (Wildman–Crippen MR) is 143 cm³/mol. The summed E-state index contributed by atoms with van der Waals surface area (Å²) in [5.74, 6) is 1.16. The first kappa shape index (κ1) is 27.3. The Morgan fingerprint density at radius 1 is 0.974 bits per heavy atom. The van der Waals surface area contributed by atoms with Crippen LogP contribution in [0, 0.1) is 0 Å². The van der Waals surface area contributed by atoms with Crippen molar-refractivity contribution in [2.24, 2.45) is 0 Å². The zero-order valence-corrected chi connectivity index (χ0v) is 22.2. The van der Waals surface area contributed by atoms with Crippen molar-refractivity contribution < 1.29 is 27.4 Å². The Morgan fingerprint density at radius 3 is 2.33 bits per heavy atom. The molecule has 0 aliphatic carbocycles. The second-order valence-electron chi connectivity index (χ2n) is 9.77. The molecule has 2 aliphatic heterocycles. The standard InChI is InChI=1S/C29H29ClF3N3O3/c1-20-18-34(15-16-38-20)13-14-35-19-27(21-3-2-4-22(17-21)29(31,32)33)36(28(35)37)24-7-11-26(12-8-24)39-25-9-5-23(30)6-10-25/h2-12,17,20,27H,13-16,18-19H2,1H3/t20-,27?/m1/s1. The van der Waals surface area contributed by atoms with Crippen molar-refractivity contribution in [3.8, 4) is 11.5 Å². The molecule has 0 radical (unpaired) electrons. The summed E-state index contributed by atoms with van der Waals surface area (Å²) in [6.45, 7) is 5.62. The van der Waals surface area contributed by atoms with Gasteiger partial charge in [-0.3, -0.25) is 9.80 Å². The minimum absolute atomic E-state index is 0.121. The normalized spacial score (nSPS) is 20.5. The Hall–Kier alpha value is -3.27. The van der Waals surface area contributed by atoms with Gasteiger partial charge in [0.1, 0.15) is 11.5 Å². The number of ether oxygens (including phenoxy) is 2. The topological polar surface area (TPSA) is 45.2 Å². The van der Waals surface area contributed by atoms with E-state index in [1.807, 2.05) is 6.92 Å². The van der Waals surface area contributed by atoms with Gasteiger partial charge in [-0.25, -0.2) is 4.79 Å². The molecule has 0 spiro atoms. The molecule has 2 saturated heterocycles. The third-order valence-electron chi connectivity index (χ3n) is 6.96. The van der Waals surface area contributed by atoms with Gasteiger partial charge in [0.05, 0.1) is 24.3 Å². The number of anilines is 1. The lowest BCUT2D eigenvalue weighted by Gasteiger charge is -2.32. The van der Waals surface area contributed by atoms with Crippen LogP contribution in [0.25, 0.3) is 0 Å². The minimum atomic E-state index is -4.48. The molecule has 10 heteroatoms. The average Bonchev–Trinajstić information content (AvgIpc) is 3.25. The van der Waals surface area contributed by atoms with Crippen molar-refractivity contribution in [1.29, 1.82) is 0 Å². The van der Waals surface area contributed by atoms with Crippen LogP contribution >= 0.6 is 11.6 Å². The van der Waals surface area contributed by atoms with Gasteiger partial charge in [-0.15, -0.1) is 0 Å². The molecule has 2 aliphatic rings. The van der Waals surface area contributed by atoms with Gasteiger partial charge in [0.15, 0.2) is 0 Å². The van der Waals surface area contributed by atoms with E-state index >= 15 is 0 Å². The van der Waals surface area contributed by atoms with Crippen molar-refractivity contribution in [1.82, 2.24) is 9.80 Å². The Balaban J connectivity index is 1.39. The summed E-state index contributed by atoms with van der Waals surface area (Å²) < 4.78 is 52.0. The van der Waals surface area contributed by atoms with E-state index in [1.54, 1.807) is 64.4 Å². The number of benzene rings is 3. The van der Waals surface area contributed by atoms with Gasteiger partial charge in [-0.1, -0.05) is 23.7 Å². The average molecular weight is 560 g/mol. The highest BCUT2D eigenvalue weighted by atomic mass is 35.5. The van der Waals surface area contributed by atoms with E-state index in [-0.39, 0.29) is 18.7 Å². The van der Waals surface area contributed by atoms with E-state index in [0.29, 0.717) is 47.5 Å². The van der Waals surface area contributed by atoms with E-state index in [4.69, 9.17) is 21.1 Å². The molecule has 206 valence electrons. The van der Waals surface area contributed by atoms with Crippen LogP contribution in [-0.2, 0) is 10.9 Å². The van der Waals surface area contributed by atoms with Crippen LogP contribution < -0.4 is 9.64 Å². The maximum Gasteiger partial charge on any atom is 0.416 e. The lowest BCUT2D eigenvalue weighted by molar-refractivity contribution is -0.137. The molecular formula is C29H29ClF3N3O3. The maximum atomic E-state index is 13.7. The molecule has 6 nitrogen and oxygen atoms in total. The van der Waals surface area contributed by atoms with Crippen molar-refractivity contribution in [2.45, 2.75) is 25.2 Å². The second kappa shape index (κ2) is 11.5. The summed E-state index contributed by atoms with van der Waals surface area (Å²) in [6.07, 6.45) is -4.35. The van der Waals surface area contributed by atoms with Gasteiger partial charge in [0.25, 0.3) is 0 Å². The first-order valence-corrected chi connectivity index (χ1v) is 13.2. The number of nitrogens with zero attached hydrogens (tertiary/aromatic N) is 3. The number of amides is 2. The van der Waals surface area contributed by atoms with Crippen molar-refractivity contribution >= 4 is 23.3 Å². The van der Waals surface area contributed by atoms with Gasteiger partial charge >= 0.3 is 12.2 Å². The van der Waals surface area contributed by atoms with E-state index < -0.39 is 17.8 Å². The van der Waals surface area contributed by atoms with Gasteiger partial charge in [-0.05, 0) is 73.2 Å². The molecule has 2 atom stereocenters. The summed E-state index contributed by atoms with van der Waals surface area (Å²) >= 11 is 5.94. The molecule has 2 amide bonds. The highest BCUT2D eigenvalue weighted by molar-refractivity contribution is 6.30. The third-order valence-corrected chi connectivity index (χ3v) is 7.21. The Morgan fingerprint density at radius 2 is 1.67 bits per heavy atom. The molecule has 5 rings (SSSR count). The number of halogens is 4. The van der Waals surface area contributed by atoms with Gasteiger partial charge in [0.2, 0.25) is 0 Å². The number of hydrogen-bond donors (Lipinski definition) is 0. The molecule has 3 aromatic rings. The van der Waals surface area contributed by atoms with E-state index in [9.17, 15) is 18.0 Å². The monoisotopic (exact) mass is 559 g/mol. The molecular weight excluding hydrogens is 531 g/mol. The molecule has 0 N–H and O–H groups in total. The molecule has 2 fully saturated rings. The fraction of sp³-hybridized carbons (Fsp3) is 0.345. The number of urea groups is 1. The van der Waals surface area contributed by atoms with Crippen molar-refractivity contribution in [3.63, 3.8) is 0 Å². The van der Waals surface area contributed by atoms with Crippen LogP contribution in [0.3, 0.4) is 0 Å². The number of carbonyl (C=O) groups excluding carboxylic acids is 1. The molecule has 39 heavy (non-hydrogen) atoms. The van der Waals surface area contributed by atoms with Crippen LogP contribution in [0.5, 0.6) is 11.5 Å². The quantitative estimate of drug-likeness (QED) is 0.317. The van der Waals surface area contributed by atoms with Crippen LogP contribution in [0.4, 0.5) is 23.7 Å². The lowest BCUT2D eigenvalue weighted by Crippen LogP contribution is -2.45. The van der Waals surface area contributed by atoms with Crippen LogP contribution in [0.1, 0.15) is 24.1 Å². The molecule has 0 saturated carbocycles. The van der Waals surface area contributed by atoms with Gasteiger partial charge < -0.3 is 14.4 Å². The van der Waals surface area contributed by atoms with Crippen molar-refractivity contribution in [3.05, 3.63) is 88.9 Å². The number of rotatable bonds is 7. The first-order chi connectivity index (χ1) is 18.7. The molecule has 0 aromatic heterocycles. The first-order valence-electron chi connectivity index (χ1n) is 12.8. The summed E-state index contributed by atoms with van der Waals surface area (Å²) in [6, 6.07) is 18.3. The second-order valence-corrected chi connectivity index (χ2v) is 10.2. The molecule has 2 heterocycles. The lowest BCUT2D eigenvalue weighted by atomic mass is 10.0. The van der Waals surface area contributed by atoms with E-state index in [2.05, 4.69) is 4.90 Å². The van der Waals surface area contributed by atoms with Crippen LogP contribution in [-0.4, -0.2) is 61.3 Å². The Bertz CT molecular complexity index is 1290. The predicted octanol–water partition coefficient (Wildman–Crippen LogP) is 6.86. The Kier molecular flexibility index (Phi) is 8.02. The number of morpholine rings is 1. The fourth-order valence-corrected chi connectivity index (χ4v) is 5.10. The summed E-state index contributed by atoms with van der Waals surface area (Å²) in [5, 5.41) is 0.596. The number of alkyl halides is 3. The highest BCUT2D eigenvalue weighted by Gasteiger charge is 2.40. The zero-order valence-electron chi connectivity index (χ0n) is 21.4. The van der Waals surface area contributed by atoms with Crippen molar-refractivity contribution in [2.75, 3.05) is 44.2 Å². The SMILES string of the molecule is C[C@@H]1CN(CCN2CC(c3cccc(C(F)(F)F)c3)N(c3ccc(Oc4ccc(Cl)cc4)cc3)C2=O)CCO1. The molecule has 0 bridgehead atoms. The largest absolute Gasteiger partial charge is 0.457 e. The molecule has 3 aromatic carbocycles. The summed E-state index contributed by atoms with van der Waals surface area (Å²) in [5.41, 5.74) is 0.274. The fourth-order valence-electron chi connectivity index (χ4n) is 4.98. The number of carbonyl (C=O) groups is 1. The minimum Gasteiger partial charge on any atom is -0.457 e. The smallest absolute Gasteiger partial charge is 0.416 e. The summed E-state index contributed by atoms with van der Waals surface area (Å²) in [7, 11) is 0. The van der Waals surface area contributed by atoms with Gasteiger partial charge in [-0.2, -0.15) is 13.2 Å². The van der Waals surface area contributed by atoms with E-state index in [0.717, 1.165) is 25.2 Å². The number of hydrogen-bond acceptors (Lipinski definition) is 4. The third kappa shape index (κ3) is 6.49. The zero-order chi connectivity index (χ0) is 27.6. The highest BCUT2D eigenvalue weighted by Crippen LogP contribution is 2.38. The van der Waals surface area contributed by atoms with Crippen LogP contribution in [0.15, 0.2) is 72.8 Å². The van der Waals surface area contributed by atoms with Gasteiger partial charge in [0, 0.05) is 43.4 Å². The maximum absolute atomic E-state index is 13.7. The van der Waals surface area contributed by atoms with Crippen LogP contribution in [0.2, 0.25) is 5.02 Å².